The van der Waals surface area contributed by atoms with Gasteiger partial charge in [0.25, 0.3) is 0 Å². The van der Waals surface area contributed by atoms with E-state index in [4.69, 9.17) is 5.73 Å². The molecule has 7 nitrogen and oxygen atoms in total. The van der Waals surface area contributed by atoms with Crippen LogP contribution in [0.1, 0.15) is 25.0 Å². The molecule has 2 radical (unpaired) electrons. The number of rotatable bonds is 12. The van der Waals surface area contributed by atoms with Crippen LogP contribution in [0.15, 0.2) is 42.5 Å². The Kier molecular flexibility index (Phi) is 10.6. The molecule has 0 saturated heterocycles. The summed E-state index contributed by atoms with van der Waals surface area (Å²) in [6, 6.07) is 9.98. The van der Waals surface area contributed by atoms with Crippen LogP contribution < -0.4 is 26.1 Å². The number of benzene rings is 2. The van der Waals surface area contributed by atoms with Gasteiger partial charge < -0.3 is 26.8 Å². The van der Waals surface area contributed by atoms with E-state index in [0.29, 0.717) is 6.42 Å². The summed E-state index contributed by atoms with van der Waals surface area (Å²) in [6.45, 7) is 4.09. The standard InChI is InChI=1S/C24H31F2N4O3.Al/c1-24(2,14-29-21(31)13-28-12-17-11-18(25)8-9-19(17)26)15-30-23(33)22(32)20(27)10-16-6-4-3-5-7-16;/h4-9,11,20,22,28,32H,10,12-15,27H2,1-2H3,(H,29,31)(H,30,33);/t20-,22+;/m1./s1. The van der Waals surface area contributed by atoms with Gasteiger partial charge in [0.15, 0.2) is 16.3 Å². The Morgan fingerprint density at radius 2 is 1.74 bits per heavy atom. The lowest BCUT2D eigenvalue weighted by Crippen LogP contribution is -2.50. The Morgan fingerprint density at radius 1 is 1.09 bits per heavy atom. The molecule has 2 aromatic carbocycles. The number of halogens is 2. The highest BCUT2D eigenvalue weighted by atomic mass is 27.0. The molecule has 0 aliphatic carbocycles. The maximum atomic E-state index is 13.6. The van der Waals surface area contributed by atoms with Gasteiger partial charge in [0, 0.05) is 31.2 Å². The van der Waals surface area contributed by atoms with Gasteiger partial charge in [-0.05, 0) is 35.6 Å². The number of amides is 2. The number of nitrogens with two attached hydrogens (primary N) is 1. The van der Waals surface area contributed by atoms with Crippen molar-refractivity contribution in [3.05, 3.63) is 65.2 Å². The molecule has 34 heavy (non-hydrogen) atoms. The average Bonchev–Trinajstić information content (AvgIpc) is 2.79. The number of aliphatic hydroxyl groups is 1. The third-order valence-electron chi connectivity index (χ3n) is 5.24. The Hall–Kier alpha value is -2.35. The molecule has 6 N–H and O–H groups in total. The Labute approximate surface area is 206 Å². The molecular formula is C24H31AlF2N4O3. The summed E-state index contributed by atoms with van der Waals surface area (Å²) in [4.78, 5) is 24.4. The highest BCUT2D eigenvalue weighted by molar-refractivity contribution is 6.32. The van der Waals surface area contributed by atoms with Gasteiger partial charge >= 0.3 is 0 Å². The number of carbonyl (C=O) groups is 2. The van der Waals surface area contributed by atoms with Gasteiger partial charge in [-0.2, -0.15) is 0 Å². The summed E-state index contributed by atoms with van der Waals surface area (Å²) < 4.78 is 27.8. The van der Waals surface area contributed by atoms with Crippen molar-refractivity contribution >= 4 is 32.5 Å². The minimum Gasteiger partial charge on any atom is -0.382 e. The second kappa shape index (κ2) is 12.9. The van der Waals surface area contributed by atoms with Crippen molar-refractivity contribution in [1.82, 2.24) is 16.0 Å². The van der Waals surface area contributed by atoms with E-state index in [9.17, 15) is 23.5 Å². The van der Waals surface area contributed by atoms with Crippen LogP contribution in [0.3, 0.4) is 0 Å². The van der Waals surface area contributed by atoms with Crippen LogP contribution in [0.4, 0.5) is 8.78 Å². The number of hydrogen-bond acceptors (Lipinski definition) is 5. The zero-order valence-electron chi connectivity index (χ0n) is 19.4. The maximum absolute atomic E-state index is 13.6. The second-order valence-electron chi connectivity index (χ2n) is 9.05. The first-order chi connectivity index (χ1) is 16.0. The molecular weight excluding hydrogens is 457 g/mol. The molecule has 0 aliphatic rings. The van der Waals surface area contributed by atoms with Gasteiger partial charge in [0.1, 0.15) is 17.7 Å². The summed E-state index contributed by atoms with van der Waals surface area (Å²) in [6.07, 6.45) is -1.01. The van der Waals surface area contributed by atoms with Crippen molar-refractivity contribution in [2.24, 2.45) is 11.1 Å². The number of aliphatic hydroxyl groups excluding tert-OH is 1. The van der Waals surface area contributed by atoms with Crippen LogP contribution in [0.2, 0.25) is 0 Å². The highest BCUT2D eigenvalue weighted by Crippen LogP contribution is 2.12. The summed E-state index contributed by atoms with van der Waals surface area (Å²) in [5.74, 6) is -2.00. The molecule has 0 heterocycles. The third-order valence-corrected chi connectivity index (χ3v) is 5.62. The van der Waals surface area contributed by atoms with Gasteiger partial charge in [0.05, 0.1) is 6.54 Å². The van der Waals surface area contributed by atoms with Crippen LogP contribution in [-0.4, -0.2) is 65.0 Å². The Bertz CT molecular complexity index is 973. The van der Waals surface area contributed by atoms with Crippen molar-refractivity contribution in [2.45, 2.75) is 39.0 Å². The van der Waals surface area contributed by atoms with Crippen LogP contribution in [-0.2, 0) is 22.6 Å². The highest BCUT2D eigenvalue weighted by Gasteiger charge is 2.26. The SMILES string of the molecule is CC(C)(CNC(=O)CNCc1cc(F)ccc1F)CNC(=O)[C@@H](O)[C@H](N)Cc1cc[c]([Al])cc1. The van der Waals surface area contributed by atoms with E-state index < -0.39 is 35.1 Å². The lowest BCUT2D eigenvalue weighted by molar-refractivity contribution is -0.130. The van der Waals surface area contributed by atoms with Gasteiger partial charge in [-0.3, -0.25) is 9.59 Å². The van der Waals surface area contributed by atoms with E-state index in [0.717, 1.165) is 28.2 Å². The minimum absolute atomic E-state index is 0.0101. The predicted molar refractivity (Wildman–Crippen MR) is 127 cm³/mol. The molecule has 2 aromatic rings. The Morgan fingerprint density at radius 3 is 2.41 bits per heavy atom. The molecule has 0 unspecified atom stereocenters. The fraction of sp³-hybridized carbons (Fsp3) is 0.417. The van der Waals surface area contributed by atoms with E-state index in [-0.39, 0.29) is 37.6 Å². The molecule has 10 heteroatoms. The quantitative estimate of drug-likeness (QED) is 0.271. The lowest BCUT2D eigenvalue weighted by Gasteiger charge is -2.27. The third kappa shape index (κ3) is 9.49. The molecule has 2 amide bonds. The maximum Gasteiger partial charge on any atom is 0.250 e. The number of nitrogens with one attached hydrogen (secondary N) is 3. The molecule has 2 rings (SSSR count). The van der Waals surface area contributed by atoms with Gasteiger partial charge in [-0.15, -0.1) is 4.43 Å². The van der Waals surface area contributed by atoms with E-state index in [1.807, 2.05) is 38.1 Å². The molecule has 0 spiro atoms. The molecule has 0 aromatic heterocycles. The minimum atomic E-state index is -1.37. The van der Waals surface area contributed by atoms with Crippen molar-refractivity contribution in [3.63, 3.8) is 0 Å². The van der Waals surface area contributed by atoms with Crippen molar-refractivity contribution < 1.29 is 23.5 Å². The smallest absolute Gasteiger partial charge is 0.250 e. The van der Waals surface area contributed by atoms with E-state index in [1.165, 1.54) is 0 Å². The summed E-state index contributed by atoms with van der Waals surface area (Å²) in [5.41, 5.74) is 6.56. The van der Waals surface area contributed by atoms with Gasteiger partial charge in [0.2, 0.25) is 11.8 Å². The topological polar surface area (TPSA) is 116 Å². The molecule has 0 saturated carbocycles. The van der Waals surface area contributed by atoms with Gasteiger partial charge in [-0.1, -0.05) is 38.1 Å². The predicted octanol–water partition coefficient (Wildman–Crippen LogP) is 0.0377. The van der Waals surface area contributed by atoms with Crippen LogP contribution >= 0.6 is 0 Å². The molecule has 2 atom stereocenters. The summed E-state index contributed by atoms with van der Waals surface area (Å²) in [5, 5.41) is 18.5. The largest absolute Gasteiger partial charge is 0.382 e. The zero-order valence-corrected chi connectivity index (χ0v) is 20.6. The first-order valence-electron chi connectivity index (χ1n) is 10.9. The van der Waals surface area contributed by atoms with Gasteiger partial charge in [-0.25, -0.2) is 8.78 Å². The molecule has 182 valence electrons. The van der Waals surface area contributed by atoms with E-state index >= 15 is 0 Å². The van der Waals surface area contributed by atoms with E-state index in [2.05, 4.69) is 32.2 Å². The molecule has 0 aliphatic heterocycles. The monoisotopic (exact) mass is 488 g/mol. The first kappa shape index (κ1) is 27.9. The second-order valence-corrected chi connectivity index (χ2v) is 9.72. The van der Waals surface area contributed by atoms with Crippen molar-refractivity contribution in [3.8, 4) is 0 Å². The first-order valence-corrected chi connectivity index (χ1v) is 11.5. The van der Waals surface area contributed by atoms with Crippen LogP contribution in [0.5, 0.6) is 0 Å². The van der Waals surface area contributed by atoms with E-state index in [1.54, 1.807) is 0 Å². The number of carbonyl (C=O) groups excluding carboxylic acids is 2. The lowest BCUT2D eigenvalue weighted by atomic mass is 9.93. The Balaban J connectivity index is 1.70. The normalized spacial score (nSPS) is 13.2. The fourth-order valence-electron chi connectivity index (χ4n) is 3.12. The average molecular weight is 489 g/mol. The van der Waals surface area contributed by atoms with Crippen molar-refractivity contribution in [2.75, 3.05) is 19.6 Å². The number of hydrogen-bond donors (Lipinski definition) is 5. The van der Waals surface area contributed by atoms with Crippen LogP contribution in [0, 0.1) is 17.0 Å². The van der Waals surface area contributed by atoms with Crippen LogP contribution in [0.25, 0.3) is 0 Å². The summed E-state index contributed by atoms with van der Waals surface area (Å²) in [7, 11) is 0. The molecule has 0 bridgehead atoms. The van der Waals surface area contributed by atoms with Crippen molar-refractivity contribution in [1.29, 1.82) is 0 Å². The fourth-order valence-corrected chi connectivity index (χ4v) is 3.31. The zero-order chi connectivity index (χ0) is 25.3. The summed E-state index contributed by atoms with van der Waals surface area (Å²) >= 11 is 2.59. The molecule has 0 fully saturated rings.